The van der Waals surface area contributed by atoms with Crippen molar-refractivity contribution in [3.63, 3.8) is 0 Å². The lowest BCUT2D eigenvalue weighted by molar-refractivity contribution is 0.470. The summed E-state index contributed by atoms with van der Waals surface area (Å²) in [7, 11) is 0. The number of hydrogen-bond acceptors (Lipinski definition) is 6. The number of nitrogen functional groups attached to an aromatic ring is 1. The number of benzene rings is 1. The van der Waals surface area contributed by atoms with Gasteiger partial charge < -0.3 is 10.5 Å². The Balaban J connectivity index is 1.80. The van der Waals surface area contributed by atoms with Gasteiger partial charge in [-0.2, -0.15) is 15.1 Å². The van der Waals surface area contributed by atoms with Gasteiger partial charge in [0, 0.05) is 17.6 Å². The predicted octanol–water partition coefficient (Wildman–Crippen LogP) is 2.28. The summed E-state index contributed by atoms with van der Waals surface area (Å²) in [4.78, 5) is 12.5. The maximum atomic E-state index is 5.81. The molecule has 0 spiro atoms. The average Bonchev–Trinajstić information content (AvgIpc) is 2.95. The molecule has 7 heteroatoms. The lowest BCUT2D eigenvalue weighted by Gasteiger charge is -2.06. The number of H-pyrrole nitrogens is 1. The molecule has 0 aliphatic heterocycles. The highest BCUT2D eigenvalue weighted by Gasteiger charge is 2.10. The average molecular weight is 278 g/mol. The summed E-state index contributed by atoms with van der Waals surface area (Å²) >= 11 is 0. The van der Waals surface area contributed by atoms with Gasteiger partial charge in [-0.05, 0) is 18.2 Å². The fourth-order valence-corrected chi connectivity index (χ4v) is 2.12. The van der Waals surface area contributed by atoms with Crippen LogP contribution in [0.15, 0.2) is 42.7 Å². The third-order valence-electron chi connectivity index (χ3n) is 3.08. The Morgan fingerprint density at radius 1 is 1.14 bits per heavy atom. The van der Waals surface area contributed by atoms with Crippen molar-refractivity contribution >= 4 is 27.9 Å². The molecule has 4 rings (SSSR count). The third-order valence-corrected chi connectivity index (χ3v) is 3.08. The molecule has 0 unspecified atom stereocenters. The van der Waals surface area contributed by atoms with E-state index in [4.69, 9.17) is 10.5 Å². The van der Waals surface area contributed by atoms with E-state index < -0.39 is 0 Å². The number of rotatable bonds is 2. The normalized spacial score (nSPS) is 11.0. The van der Waals surface area contributed by atoms with Crippen molar-refractivity contribution in [1.29, 1.82) is 0 Å². The molecular formula is C14H10N6O. The zero-order valence-corrected chi connectivity index (χ0v) is 10.8. The van der Waals surface area contributed by atoms with Gasteiger partial charge in [0.25, 0.3) is 0 Å². The number of nitrogens with two attached hydrogens (primary N) is 1. The number of aromatic nitrogens is 5. The van der Waals surface area contributed by atoms with Gasteiger partial charge in [-0.25, -0.2) is 0 Å². The first-order valence-corrected chi connectivity index (χ1v) is 6.29. The molecule has 0 radical (unpaired) electrons. The number of hydrogen-bond donors (Lipinski definition) is 2. The smallest absolute Gasteiger partial charge is 0.235 e. The van der Waals surface area contributed by atoms with Crippen LogP contribution in [-0.2, 0) is 0 Å². The van der Waals surface area contributed by atoms with Gasteiger partial charge in [-0.15, -0.1) is 0 Å². The second kappa shape index (κ2) is 4.41. The van der Waals surface area contributed by atoms with Gasteiger partial charge in [0.2, 0.25) is 11.8 Å². The van der Waals surface area contributed by atoms with Gasteiger partial charge >= 0.3 is 0 Å². The first-order chi connectivity index (χ1) is 10.3. The molecule has 3 N–H and O–H groups in total. The van der Waals surface area contributed by atoms with Crippen molar-refractivity contribution < 1.29 is 4.74 Å². The molecule has 0 aliphatic carbocycles. The zero-order chi connectivity index (χ0) is 14.2. The van der Waals surface area contributed by atoms with Crippen molar-refractivity contribution in [2.24, 2.45) is 0 Å². The number of ether oxygens (including phenoxy) is 1. The van der Waals surface area contributed by atoms with E-state index in [2.05, 4.69) is 25.1 Å². The van der Waals surface area contributed by atoms with E-state index in [1.54, 1.807) is 12.4 Å². The predicted molar refractivity (Wildman–Crippen MR) is 77.9 cm³/mol. The summed E-state index contributed by atoms with van der Waals surface area (Å²) in [6, 6.07) is 9.52. The molecule has 0 fully saturated rings. The highest BCUT2D eigenvalue weighted by molar-refractivity contribution is 5.82. The van der Waals surface area contributed by atoms with E-state index in [-0.39, 0.29) is 5.95 Å². The molecule has 21 heavy (non-hydrogen) atoms. The lowest BCUT2D eigenvalue weighted by atomic mass is 10.2. The Kier molecular flexibility index (Phi) is 2.43. The molecule has 3 heterocycles. The molecule has 7 nitrogen and oxygen atoms in total. The van der Waals surface area contributed by atoms with Crippen molar-refractivity contribution in [2.45, 2.75) is 0 Å². The van der Waals surface area contributed by atoms with Crippen LogP contribution in [0.1, 0.15) is 0 Å². The summed E-state index contributed by atoms with van der Waals surface area (Å²) in [5, 5.41) is 8.38. The third kappa shape index (κ3) is 2.00. The van der Waals surface area contributed by atoms with Crippen LogP contribution in [0.4, 0.5) is 5.95 Å². The monoisotopic (exact) mass is 278 g/mol. The number of pyridine rings is 1. The van der Waals surface area contributed by atoms with Crippen molar-refractivity contribution in [1.82, 2.24) is 25.1 Å². The molecule has 4 aromatic rings. The van der Waals surface area contributed by atoms with Crippen LogP contribution < -0.4 is 10.5 Å². The van der Waals surface area contributed by atoms with E-state index in [1.165, 1.54) is 0 Å². The van der Waals surface area contributed by atoms with Crippen LogP contribution in [0, 0.1) is 0 Å². The Hall–Kier alpha value is -3.22. The summed E-state index contributed by atoms with van der Waals surface area (Å²) in [5.41, 5.74) is 7.05. The molecule has 0 amide bonds. The molecule has 0 aliphatic rings. The van der Waals surface area contributed by atoms with E-state index in [9.17, 15) is 0 Å². The second-order valence-electron chi connectivity index (χ2n) is 4.48. The van der Waals surface area contributed by atoms with Crippen LogP contribution in [0.5, 0.6) is 11.6 Å². The minimum atomic E-state index is 0.126. The van der Waals surface area contributed by atoms with Gasteiger partial charge in [0.05, 0.1) is 11.7 Å². The molecule has 102 valence electrons. The summed E-state index contributed by atoms with van der Waals surface area (Å²) in [6.07, 6.45) is 3.34. The summed E-state index contributed by atoms with van der Waals surface area (Å²) < 4.78 is 5.81. The number of fused-ring (bicyclic) bond motifs is 2. The van der Waals surface area contributed by atoms with E-state index in [0.29, 0.717) is 22.7 Å². The van der Waals surface area contributed by atoms with E-state index >= 15 is 0 Å². The largest absolute Gasteiger partial charge is 0.438 e. The molecule has 0 bridgehead atoms. The van der Waals surface area contributed by atoms with Gasteiger partial charge in [0.1, 0.15) is 11.1 Å². The summed E-state index contributed by atoms with van der Waals surface area (Å²) in [5.74, 6) is 1.11. The molecule has 1 aromatic carbocycles. The van der Waals surface area contributed by atoms with Gasteiger partial charge in [0.15, 0.2) is 5.65 Å². The van der Waals surface area contributed by atoms with Crippen LogP contribution in [0.25, 0.3) is 21.9 Å². The van der Waals surface area contributed by atoms with E-state index in [0.717, 1.165) is 10.9 Å². The number of aromatic amines is 1. The Morgan fingerprint density at radius 2 is 2.10 bits per heavy atom. The number of nitrogens with one attached hydrogen (secondary N) is 1. The lowest BCUT2D eigenvalue weighted by Crippen LogP contribution is -1.98. The van der Waals surface area contributed by atoms with Crippen molar-refractivity contribution in [3.05, 3.63) is 42.7 Å². The van der Waals surface area contributed by atoms with Crippen LogP contribution in [0.3, 0.4) is 0 Å². The fraction of sp³-hybridized carbons (Fsp3) is 0. The molecular weight excluding hydrogens is 268 g/mol. The minimum Gasteiger partial charge on any atom is -0.438 e. The zero-order valence-electron chi connectivity index (χ0n) is 10.8. The highest BCUT2D eigenvalue weighted by atomic mass is 16.5. The van der Waals surface area contributed by atoms with Gasteiger partial charge in [-0.1, -0.05) is 6.07 Å². The SMILES string of the molecule is Nc1nc(Oc2ccc3cccnc3c2)c2cn[nH]c2n1. The van der Waals surface area contributed by atoms with Crippen molar-refractivity contribution in [3.8, 4) is 11.6 Å². The van der Waals surface area contributed by atoms with Crippen LogP contribution in [-0.4, -0.2) is 25.1 Å². The number of anilines is 1. The highest BCUT2D eigenvalue weighted by Crippen LogP contribution is 2.28. The Morgan fingerprint density at radius 3 is 3.05 bits per heavy atom. The Bertz CT molecular complexity index is 948. The molecule has 0 atom stereocenters. The van der Waals surface area contributed by atoms with Crippen LogP contribution >= 0.6 is 0 Å². The Labute approximate surface area is 118 Å². The minimum absolute atomic E-state index is 0.126. The first kappa shape index (κ1) is 11.6. The number of nitrogens with zero attached hydrogens (tertiary/aromatic N) is 4. The molecule has 0 saturated carbocycles. The molecule has 0 saturated heterocycles. The van der Waals surface area contributed by atoms with Gasteiger partial charge in [-0.3, -0.25) is 10.1 Å². The fourth-order valence-electron chi connectivity index (χ4n) is 2.12. The van der Waals surface area contributed by atoms with Crippen molar-refractivity contribution in [2.75, 3.05) is 5.73 Å². The van der Waals surface area contributed by atoms with E-state index in [1.807, 2.05) is 30.3 Å². The maximum Gasteiger partial charge on any atom is 0.235 e. The van der Waals surface area contributed by atoms with Crippen LogP contribution in [0.2, 0.25) is 0 Å². The first-order valence-electron chi connectivity index (χ1n) is 6.29. The summed E-state index contributed by atoms with van der Waals surface area (Å²) in [6.45, 7) is 0. The quantitative estimate of drug-likeness (QED) is 0.583. The topological polar surface area (TPSA) is 103 Å². The molecule has 3 aromatic heterocycles. The maximum absolute atomic E-state index is 5.81. The standard InChI is InChI=1S/C14H10N6O/c15-14-18-12-10(7-17-20-12)13(19-14)21-9-4-3-8-2-1-5-16-11(8)6-9/h1-7H,(H3,15,17,18,19,20). The second-order valence-corrected chi connectivity index (χ2v) is 4.48.